The maximum absolute atomic E-state index is 12.2. The van der Waals surface area contributed by atoms with E-state index in [9.17, 15) is 8.42 Å². The Hall–Kier alpha value is -1.32. The molecule has 0 aromatic heterocycles. The molecular weight excluding hydrogens is 401 g/mol. The number of anilines is 3. The second kappa shape index (κ2) is 6.20. The average Bonchev–Trinajstić information content (AvgIpc) is 2.43. The topological polar surface area (TPSA) is 75.4 Å². The molecule has 0 aliphatic carbocycles. The quantitative estimate of drug-likeness (QED) is 0.593. The zero-order valence-corrected chi connectivity index (χ0v) is 14.6. The number of nitrogens with two attached hydrogens (primary N) is 1. The van der Waals surface area contributed by atoms with Gasteiger partial charge in [-0.1, -0.05) is 12.1 Å². The summed E-state index contributed by atoms with van der Waals surface area (Å²) in [4.78, 5) is 0.204. The first-order valence-electron chi connectivity index (χ1n) is 6.16. The van der Waals surface area contributed by atoms with Gasteiger partial charge in [-0.15, -0.1) is 0 Å². The Bertz CT molecular complexity index is 761. The van der Waals surface area contributed by atoms with E-state index in [-0.39, 0.29) is 4.90 Å². The zero-order valence-electron chi connectivity index (χ0n) is 11.7. The maximum atomic E-state index is 12.2. The molecule has 0 amide bonds. The van der Waals surface area contributed by atoms with E-state index < -0.39 is 10.0 Å². The Balaban J connectivity index is 2.44. The third-order valence-electron chi connectivity index (χ3n) is 2.95. The van der Waals surface area contributed by atoms with Crippen molar-refractivity contribution in [2.45, 2.75) is 4.90 Å². The zero-order chi connectivity index (χ0) is 15.6. The summed E-state index contributed by atoms with van der Waals surface area (Å²) >= 11 is 2.20. The number of para-hydroxylation sites is 1. The van der Waals surface area contributed by atoms with E-state index >= 15 is 0 Å². The summed E-state index contributed by atoms with van der Waals surface area (Å²) in [5.74, 6) is 0. The molecule has 5 nitrogen and oxygen atoms in total. The Kier molecular flexibility index (Phi) is 4.74. The second-order valence-electron chi connectivity index (χ2n) is 4.64. The predicted octanol–water partition coefficient (Wildman–Crippen LogP) is 2.87. The molecule has 2 aromatic carbocycles. The Morgan fingerprint density at radius 2 is 1.76 bits per heavy atom. The van der Waals surface area contributed by atoms with Crippen molar-refractivity contribution in [2.24, 2.45) is 0 Å². The number of halogens is 1. The molecule has 0 heterocycles. The third kappa shape index (κ3) is 3.47. The van der Waals surface area contributed by atoms with Crippen molar-refractivity contribution in [3.63, 3.8) is 0 Å². The number of hydrogen-bond donors (Lipinski definition) is 2. The molecule has 112 valence electrons. The summed E-state index contributed by atoms with van der Waals surface area (Å²) in [5, 5.41) is 3.18. The number of nitrogen functional groups attached to an aromatic ring is 1. The highest BCUT2D eigenvalue weighted by molar-refractivity contribution is 14.1. The van der Waals surface area contributed by atoms with Gasteiger partial charge in [0, 0.05) is 17.7 Å². The van der Waals surface area contributed by atoms with E-state index in [1.807, 2.05) is 24.3 Å². The summed E-state index contributed by atoms with van der Waals surface area (Å²) in [6.45, 7) is 0. The Morgan fingerprint density at radius 1 is 1.10 bits per heavy atom. The van der Waals surface area contributed by atoms with Crippen LogP contribution in [-0.2, 0) is 10.0 Å². The van der Waals surface area contributed by atoms with Crippen LogP contribution in [0.25, 0.3) is 0 Å². The molecule has 0 saturated carbocycles. The molecule has 0 saturated heterocycles. The number of nitrogens with zero attached hydrogens (tertiary/aromatic N) is 1. The van der Waals surface area contributed by atoms with Gasteiger partial charge in [0.1, 0.15) is 0 Å². The van der Waals surface area contributed by atoms with Gasteiger partial charge in [-0.3, -0.25) is 0 Å². The SMILES string of the molecule is CN(C)S(=O)(=O)c1ccc(N)c(Nc2ccccc2I)c1. The van der Waals surface area contributed by atoms with Crippen LogP contribution in [-0.4, -0.2) is 26.8 Å². The Morgan fingerprint density at radius 3 is 2.38 bits per heavy atom. The van der Waals surface area contributed by atoms with Gasteiger partial charge in [0.2, 0.25) is 10.0 Å². The number of sulfonamides is 1. The highest BCUT2D eigenvalue weighted by Crippen LogP contribution is 2.29. The van der Waals surface area contributed by atoms with Crippen LogP contribution >= 0.6 is 22.6 Å². The number of hydrogen-bond acceptors (Lipinski definition) is 4. The fraction of sp³-hybridized carbons (Fsp3) is 0.143. The first kappa shape index (κ1) is 16.1. The number of rotatable bonds is 4. The summed E-state index contributed by atoms with van der Waals surface area (Å²) in [6, 6.07) is 12.4. The van der Waals surface area contributed by atoms with Gasteiger partial charge >= 0.3 is 0 Å². The molecule has 0 radical (unpaired) electrons. The lowest BCUT2D eigenvalue weighted by molar-refractivity contribution is 0.521. The number of benzene rings is 2. The molecule has 0 atom stereocenters. The predicted molar refractivity (Wildman–Crippen MR) is 94.2 cm³/mol. The molecule has 0 spiro atoms. The van der Waals surface area contributed by atoms with Gasteiger partial charge < -0.3 is 11.1 Å². The fourth-order valence-corrected chi connectivity index (χ4v) is 3.17. The molecule has 2 aromatic rings. The summed E-state index contributed by atoms with van der Waals surface area (Å²) < 4.78 is 26.5. The van der Waals surface area contributed by atoms with Crippen molar-refractivity contribution in [1.29, 1.82) is 0 Å². The highest BCUT2D eigenvalue weighted by atomic mass is 127. The lowest BCUT2D eigenvalue weighted by Crippen LogP contribution is -2.22. The molecule has 2 rings (SSSR count). The van der Waals surface area contributed by atoms with Gasteiger partial charge in [0.15, 0.2) is 0 Å². The Labute approximate surface area is 138 Å². The minimum absolute atomic E-state index is 0.204. The number of nitrogens with one attached hydrogen (secondary N) is 1. The fourth-order valence-electron chi connectivity index (χ4n) is 1.72. The largest absolute Gasteiger partial charge is 0.397 e. The van der Waals surface area contributed by atoms with Gasteiger partial charge in [-0.05, 0) is 52.9 Å². The van der Waals surface area contributed by atoms with Gasteiger partial charge in [0.25, 0.3) is 0 Å². The van der Waals surface area contributed by atoms with E-state index in [0.717, 1.165) is 9.26 Å². The van der Waals surface area contributed by atoms with Gasteiger partial charge in [0.05, 0.1) is 22.0 Å². The van der Waals surface area contributed by atoms with Crippen LogP contribution in [0.15, 0.2) is 47.4 Å². The first-order chi connectivity index (χ1) is 9.82. The van der Waals surface area contributed by atoms with E-state index in [1.54, 1.807) is 12.1 Å². The van der Waals surface area contributed by atoms with E-state index in [0.29, 0.717) is 11.4 Å². The summed E-state index contributed by atoms with van der Waals surface area (Å²) in [6.07, 6.45) is 0. The van der Waals surface area contributed by atoms with Crippen LogP contribution in [0.5, 0.6) is 0 Å². The minimum Gasteiger partial charge on any atom is -0.397 e. The molecule has 7 heteroatoms. The van der Waals surface area contributed by atoms with Crippen LogP contribution in [0.3, 0.4) is 0 Å². The average molecular weight is 417 g/mol. The van der Waals surface area contributed by atoms with Crippen molar-refractivity contribution in [1.82, 2.24) is 4.31 Å². The molecule has 21 heavy (non-hydrogen) atoms. The molecule has 3 N–H and O–H groups in total. The second-order valence-corrected chi connectivity index (χ2v) is 7.96. The van der Waals surface area contributed by atoms with Crippen LogP contribution < -0.4 is 11.1 Å². The van der Waals surface area contributed by atoms with Crippen molar-refractivity contribution < 1.29 is 8.42 Å². The summed E-state index contributed by atoms with van der Waals surface area (Å²) in [7, 11) is -0.485. The molecule has 0 bridgehead atoms. The smallest absolute Gasteiger partial charge is 0.242 e. The van der Waals surface area contributed by atoms with E-state index in [4.69, 9.17) is 5.73 Å². The van der Waals surface area contributed by atoms with Crippen molar-refractivity contribution in [2.75, 3.05) is 25.1 Å². The van der Waals surface area contributed by atoms with Crippen LogP contribution in [0.1, 0.15) is 0 Å². The monoisotopic (exact) mass is 417 g/mol. The van der Waals surface area contributed by atoms with Crippen molar-refractivity contribution in [3.8, 4) is 0 Å². The van der Waals surface area contributed by atoms with Crippen LogP contribution in [0, 0.1) is 3.57 Å². The molecule has 0 unspecified atom stereocenters. The van der Waals surface area contributed by atoms with Crippen LogP contribution in [0.2, 0.25) is 0 Å². The molecule has 0 aliphatic rings. The molecular formula is C14H16IN3O2S. The molecule has 0 fully saturated rings. The van der Waals surface area contributed by atoms with Gasteiger partial charge in [-0.25, -0.2) is 12.7 Å². The third-order valence-corrected chi connectivity index (χ3v) is 5.70. The van der Waals surface area contributed by atoms with Crippen LogP contribution in [0.4, 0.5) is 17.1 Å². The normalized spacial score (nSPS) is 11.6. The standard InChI is InChI=1S/C14H16IN3O2S/c1-18(2)21(19,20)10-7-8-12(16)14(9-10)17-13-6-4-3-5-11(13)15/h3-9,17H,16H2,1-2H3. The summed E-state index contributed by atoms with van der Waals surface area (Å²) in [5.41, 5.74) is 7.88. The lowest BCUT2D eigenvalue weighted by atomic mass is 10.2. The van der Waals surface area contributed by atoms with Crippen molar-refractivity contribution in [3.05, 3.63) is 46.0 Å². The maximum Gasteiger partial charge on any atom is 0.242 e. The molecule has 0 aliphatic heterocycles. The minimum atomic E-state index is -3.48. The van der Waals surface area contributed by atoms with E-state index in [2.05, 4.69) is 27.9 Å². The highest BCUT2D eigenvalue weighted by Gasteiger charge is 2.18. The lowest BCUT2D eigenvalue weighted by Gasteiger charge is -2.15. The van der Waals surface area contributed by atoms with Gasteiger partial charge in [-0.2, -0.15) is 0 Å². The van der Waals surface area contributed by atoms with Crippen molar-refractivity contribution >= 4 is 49.7 Å². The first-order valence-corrected chi connectivity index (χ1v) is 8.68. The van der Waals surface area contributed by atoms with E-state index in [1.165, 1.54) is 24.5 Å².